The zero-order valence-corrected chi connectivity index (χ0v) is 12.4. The van der Waals surface area contributed by atoms with Crippen molar-refractivity contribution in [2.45, 2.75) is 40.3 Å². The predicted molar refractivity (Wildman–Crippen MR) is 78.8 cm³/mol. The van der Waals surface area contributed by atoms with Crippen LogP contribution < -0.4 is 10.6 Å². The van der Waals surface area contributed by atoms with E-state index in [1.165, 1.54) is 0 Å². The molecule has 0 heterocycles. The van der Waals surface area contributed by atoms with Crippen molar-refractivity contribution in [3.63, 3.8) is 0 Å². The molecule has 0 fully saturated rings. The number of hydrogen-bond donors (Lipinski definition) is 2. The van der Waals surface area contributed by atoms with Gasteiger partial charge >= 0.3 is 0 Å². The summed E-state index contributed by atoms with van der Waals surface area (Å²) >= 11 is 0. The Bertz CT molecular complexity index is 441. The van der Waals surface area contributed by atoms with E-state index >= 15 is 0 Å². The number of rotatable bonds is 4. The van der Waals surface area contributed by atoms with Crippen LogP contribution in [0.1, 0.15) is 31.9 Å². The van der Waals surface area contributed by atoms with E-state index in [0.717, 1.165) is 11.5 Å². The SMILES string of the molecule is CN=C(NCc1ccc(C)c(F)c1)NC(C)C(C)C. The van der Waals surface area contributed by atoms with Crippen molar-refractivity contribution >= 4 is 5.96 Å². The van der Waals surface area contributed by atoms with E-state index in [-0.39, 0.29) is 5.82 Å². The van der Waals surface area contributed by atoms with E-state index in [1.807, 2.05) is 6.07 Å². The Morgan fingerprint density at radius 1 is 1.32 bits per heavy atom. The number of aliphatic imine (C=N–C) groups is 1. The van der Waals surface area contributed by atoms with Gasteiger partial charge in [0.2, 0.25) is 0 Å². The Hall–Kier alpha value is -1.58. The Morgan fingerprint density at radius 3 is 2.53 bits per heavy atom. The highest BCUT2D eigenvalue weighted by molar-refractivity contribution is 5.79. The monoisotopic (exact) mass is 265 g/mol. The Morgan fingerprint density at radius 2 is 2.00 bits per heavy atom. The first-order valence-electron chi connectivity index (χ1n) is 6.66. The molecule has 0 amide bonds. The quantitative estimate of drug-likeness (QED) is 0.649. The molecule has 2 N–H and O–H groups in total. The van der Waals surface area contributed by atoms with Crippen molar-refractivity contribution in [2.75, 3.05) is 7.05 Å². The van der Waals surface area contributed by atoms with Crippen LogP contribution in [0.5, 0.6) is 0 Å². The van der Waals surface area contributed by atoms with E-state index < -0.39 is 0 Å². The molecule has 1 aromatic rings. The van der Waals surface area contributed by atoms with Gasteiger partial charge in [0.05, 0.1) is 0 Å². The van der Waals surface area contributed by atoms with Gasteiger partial charge in [-0.15, -0.1) is 0 Å². The summed E-state index contributed by atoms with van der Waals surface area (Å²) in [6.45, 7) is 8.74. The Kier molecular flexibility index (Phi) is 5.80. The maximum Gasteiger partial charge on any atom is 0.191 e. The standard InChI is InChI=1S/C15H24FN3/c1-10(2)12(4)19-15(17-5)18-9-13-7-6-11(3)14(16)8-13/h6-8,10,12H,9H2,1-5H3,(H2,17,18,19). The highest BCUT2D eigenvalue weighted by Gasteiger charge is 2.08. The van der Waals surface area contributed by atoms with Crippen LogP contribution in [0, 0.1) is 18.7 Å². The first-order valence-corrected chi connectivity index (χ1v) is 6.66. The second-order valence-corrected chi connectivity index (χ2v) is 5.19. The molecule has 19 heavy (non-hydrogen) atoms. The van der Waals surface area contributed by atoms with Gasteiger partial charge in [0.25, 0.3) is 0 Å². The number of aryl methyl sites for hydroxylation is 1. The topological polar surface area (TPSA) is 36.4 Å². The molecule has 0 bridgehead atoms. The van der Waals surface area contributed by atoms with Crippen LogP contribution >= 0.6 is 0 Å². The molecule has 3 nitrogen and oxygen atoms in total. The fourth-order valence-electron chi connectivity index (χ4n) is 1.51. The van der Waals surface area contributed by atoms with Crippen molar-refractivity contribution in [3.8, 4) is 0 Å². The number of benzene rings is 1. The summed E-state index contributed by atoms with van der Waals surface area (Å²) in [6, 6.07) is 5.60. The van der Waals surface area contributed by atoms with Crippen molar-refractivity contribution in [2.24, 2.45) is 10.9 Å². The molecule has 106 valence electrons. The minimum absolute atomic E-state index is 0.169. The lowest BCUT2D eigenvalue weighted by Gasteiger charge is -2.20. The Balaban J connectivity index is 2.56. The lowest BCUT2D eigenvalue weighted by atomic mass is 10.1. The summed E-state index contributed by atoms with van der Waals surface area (Å²) in [6.07, 6.45) is 0. The van der Waals surface area contributed by atoms with E-state index in [9.17, 15) is 4.39 Å². The zero-order valence-electron chi connectivity index (χ0n) is 12.4. The molecule has 0 aromatic heterocycles. The molecule has 1 rings (SSSR count). The van der Waals surface area contributed by atoms with Crippen LogP contribution in [0.3, 0.4) is 0 Å². The molecule has 0 radical (unpaired) electrons. The molecular weight excluding hydrogens is 241 g/mol. The van der Waals surface area contributed by atoms with E-state index in [2.05, 4.69) is 36.4 Å². The molecule has 0 saturated carbocycles. The van der Waals surface area contributed by atoms with Crippen LogP contribution in [0.15, 0.2) is 23.2 Å². The molecule has 0 spiro atoms. The van der Waals surface area contributed by atoms with Crippen LogP contribution in [-0.4, -0.2) is 19.0 Å². The van der Waals surface area contributed by atoms with Gasteiger partial charge in [0, 0.05) is 19.6 Å². The molecule has 1 atom stereocenters. The predicted octanol–water partition coefficient (Wildman–Crippen LogP) is 2.84. The lowest BCUT2D eigenvalue weighted by molar-refractivity contribution is 0.481. The second kappa shape index (κ2) is 7.12. The first kappa shape index (κ1) is 15.5. The van der Waals surface area contributed by atoms with Gasteiger partial charge in [-0.2, -0.15) is 0 Å². The average Bonchev–Trinajstić information content (AvgIpc) is 2.37. The van der Waals surface area contributed by atoms with E-state index in [0.29, 0.717) is 24.1 Å². The van der Waals surface area contributed by atoms with E-state index in [4.69, 9.17) is 0 Å². The molecule has 1 aromatic carbocycles. The van der Waals surface area contributed by atoms with Crippen molar-refractivity contribution in [1.29, 1.82) is 0 Å². The minimum Gasteiger partial charge on any atom is -0.354 e. The highest BCUT2D eigenvalue weighted by Crippen LogP contribution is 2.08. The van der Waals surface area contributed by atoms with Crippen LogP contribution in [0.2, 0.25) is 0 Å². The highest BCUT2D eigenvalue weighted by atomic mass is 19.1. The van der Waals surface area contributed by atoms with Crippen molar-refractivity contribution < 1.29 is 4.39 Å². The molecule has 0 aliphatic rings. The third kappa shape index (κ3) is 4.89. The van der Waals surface area contributed by atoms with Gasteiger partial charge in [-0.05, 0) is 37.0 Å². The fraction of sp³-hybridized carbons (Fsp3) is 0.533. The van der Waals surface area contributed by atoms with Gasteiger partial charge in [-0.3, -0.25) is 4.99 Å². The van der Waals surface area contributed by atoms with E-state index in [1.54, 1.807) is 26.1 Å². The summed E-state index contributed by atoms with van der Waals surface area (Å²) in [5.74, 6) is 1.09. The normalized spacial score (nSPS) is 13.5. The third-order valence-corrected chi connectivity index (χ3v) is 3.28. The first-order chi connectivity index (χ1) is 8.93. The smallest absolute Gasteiger partial charge is 0.191 e. The number of guanidine groups is 1. The second-order valence-electron chi connectivity index (χ2n) is 5.19. The number of nitrogens with one attached hydrogen (secondary N) is 2. The van der Waals surface area contributed by atoms with Gasteiger partial charge in [-0.25, -0.2) is 4.39 Å². The summed E-state index contributed by atoms with van der Waals surface area (Å²) < 4.78 is 13.4. The van der Waals surface area contributed by atoms with Crippen LogP contribution in [0.25, 0.3) is 0 Å². The van der Waals surface area contributed by atoms with Gasteiger partial charge in [-0.1, -0.05) is 26.0 Å². The van der Waals surface area contributed by atoms with Crippen molar-refractivity contribution in [3.05, 3.63) is 35.1 Å². The molecule has 4 heteroatoms. The van der Waals surface area contributed by atoms with Gasteiger partial charge < -0.3 is 10.6 Å². The maximum absolute atomic E-state index is 13.4. The van der Waals surface area contributed by atoms with Gasteiger partial charge in [0.15, 0.2) is 5.96 Å². The number of halogens is 1. The van der Waals surface area contributed by atoms with Gasteiger partial charge in [0.1, 0.15) is 5.82 Å². The summed E-state index contributed by atoms with van der Waals surface area (Å²) in [7, 11) is 1.73. The summed E-state index contributed by atoms with van der Waals surface area (Å²) in [5.41, 5.74) is 1.57. The molecule has 0 saturated heterocycles. The minimum atomic E-state index is -0.169. The number of hydrogen-bond acceptors (Lipinski definition) is 1. The summed E-state index contributed by atoms with van der Waals surface area (Å²) in [4.78, 5) is 4.17. The molecule has 1 unspecified atom stereocenters. The molecule has 0 aliphatic heterocycles. The van der Waals surface area contributed by atoms with Crippen molar-refractivity contribution in [1.82, 2.24) is 10.6 Å². The summed E-state index contributed by atoms with van der Waals surface area (Å²) in [5, 5.41) is 6.50. The fourth-order valence-corrected chi connectivity index (χ4v) is 1.51. The average molecular weight is 265 g/mol. The third-order valence-electron chi connectivity index (χ3n) is 3.28. The molecular formula is C15H24FN3. The number of nitrogens with zero attached hydrogens (tertiary/aromatic N) is 1. The zero-order chi connectivity index (χ0) is 14.4. The maximum atomic E-state index is 13.4. The van der Waals surface area contributed by atoms with Crippen LogP contribution in [-0.2, 0) is 6.54 Å². The largest absolute Gasteiger partial charge is 0.354 e. The lowest BCUT2D eigenvalue weighted by Crippen LogP contribution is -2.43. The Labute approximate surface area is 115 Å². The van der Waals surface area contributed by atoms with Crippen LogP contribution in [0.4, 0.5) is 4.39 Å². The molecule has 0 aliphatic carbocycles.